The largest absolute Gasteiger partial charge is 0.494 e. The molecule has 7 nitrogen and oxygen atoms in total. The third-order valence-corrected chi connectivity index (χ3v) is 4.81. The van der Waals surface area contributed by atoms with Crippen molar-refractivity contribution in [2.24, 2.45) is 11.8 Å². The van der Waals surface area contributed by atoms with E-state index in [4.69, 9.17) is 4.74 Å². The molecule has 0 spiro atoms. The van der Waals surface area contributed by atoms with Gasteiger partial charge >= 0.3 is 0 Å². The molecule has 33 heavy (non-hydrogen) atoms. The second kappa shape index (κ2) is 11.9. The first kappa shape index (κ1) is 25.8. The first-order valence-corrected chi connectivity index (χ1v) is 10.7. The van der Waals surface area contributed by atoms with Gasteiger partial charge in [-0.15, -0.1) is 0 Å². The van der Waals surface area contributed by atoms with Gasteiger partial charge in [0.25, 0.3) is 17.7 Å². The first-order chi connectivity index (χ1) is 15.6. The smallest absolute Gasteiger partial charge is 0.269 e. The van der Waals surface area contributed by atoms with Gasteiger partial charge in [-0.2, -0.15) is 0 Å². The summed E-state index contributed by atoms with van der Waals surface area (Å²) in [5, 5.41) is 2.31. The number of halogens is 2. The van der Waals surface area contributed by atoms with E-state index in [1.165, 1.54) is 0 Å². The number of carbonyl (C=O) groups is 3. The van der Waals surface area contributed by atoms with Gasteiger partial charge in [0, 0.05) is 5.56 Å². The lowest BCUT2D eigenvalue weighted by Crippen LogP contribution is -2.54. The molecule has 1 atom stereocenters. The Morgan fingerprint density at radius 2 is 1.48 bits per heavy atom. The molecule has 2 aromatic rings. The number of ether oxygens (including phenoxy) is 1. The molecule has 0 bridgehead atoms. The molecule has 2 rings (SSSR count). The van der Waals surface area contributed by atoms with Crippen LogP contribution in [0.5, 0.6) is 5.75 Å². The van der Waals surface area contributed by atoms with Crippen LogP contribution in [0.1, 0.15) is 54.8 Å². The van der Waals surface area contributed by atoms with Gasteiger partial charge < -0.3 is 10.1 Å². The van der Waals surface area contributed by atoms with Crippen LogP contribution in [0.15, 0.2) is 42.5 Å². The minimum absolute atomic E-state index is 0.282. The van der Waals surface area contributed by atoms with Crippen LogP contribution >= 0.6 is 0 Å². The number of amides is 3. The van der Waals surface area contributed by atoms with Gasteiger partial charge in [0.05, 0.1) is 6.61 Å². The monoisotopic (exact) mass is 461 g/mol. The van der Waals surface area contributed by atoms with E-state index in [0.29, 0.717) is 18.3 Å². The summed E-state index contributed by atoms with van der Waals surface area (Å²) >= 11 is 0. The highest BCUT2D eigenvalue weighted by atomic mass is 19.1. The number of hydrazine groups is 1. The van der Waals surface area contributed by atoms with Crippen LogP contribution in [0.2, 0.25) is 0 Å². The van der Waals surface area contributed by atoms with Crippen molar-refractivity contribution >= 4 is 17.7 Å². The lowest BCUT2D eigenvalue weighted by atomic mass is 10.0. The topological polar surface area (TPSA) is 96.5 Å². The Morgan fingerprint density at radius 1 is 0.879 bits per heavy atom. The van der Waals surface area contributed by atoms with Gasteiger partial charge in [0.1, 0.15) is 29.0 Å². The molecule has 0 heterocycles. The van der Waals surface area contributed by atoms with Crippen molar-refractivity contribution in [2.75, 3.05) is 6.61 Å². The molecule has 1 unspecified atom stereocenters. The molecule has 0 saturated heterocycles. The maximum Gasteiger partial charge on any atom is 0.269 e. The highest BCUT2D eigenvalue weighted by Gasteiger charge is 2.27. The Hall–Kier alpha value is -3.49. The maximum absolute atomic E-state index is 13.9. The number of hydrogen-bond donors (Lipinski definition) is 3. The summed E-state index contributed by atoms with van der Waals surface area (Å²) in [6.07, 6.45) is 0.908. The van der Waals surface area contributed by atoms with Crippen LogP contribution in [0.3, 0.4) is 0 Å². The maximum atomic E-state index is 13.9. The molecule has 3 N–H and O–H groups in total. The fourth-order valence-corrected chi connectivity index (χ4v) is 2.85. The minimum Gasteiger partial charge on any atom is -0.494 e. The molecular weight excluding hydrogens is 432 g/mol. The van der Waals surface area contributed by atoms with Crippen molar-refractivity contribution < 1.29 is 27.9 Å². The Kier molecular flexibility index (Phi) is 9.32. The van der Waals surface area contributed by atoms with E-state index >= 15 is 0 Å². The predicted molar refractivity (Wildman–Crippen MR) is 119 cm³/mol. The van der Waals surface area contributed by atoms with E-state index in [9.17, 15) is 23.2 Å². The van der Waals surface area contributed by atoms with E-state index in [2.05, 4.69) is 30.0 Å². The van der Waals surface area contributed by atoms with Crippen LogP contribution < -0.4 is 20.9 Å². The standard InChI is InChI=1S/C24H29F2N3O4/c1-14(2)12-13-33-17-10-8-16(9-11-17)22(30)28-29-24(32)21(15(3)4)27-23(31)20-18(25)6-5-7-19(20)26/h5-11,14-15,21H,12-13H2,1-4H3,(H,27,31)(H,28,30)(H,29,32). The zero-order valence-corrected chi connectivity index (χ0v) is 19.1. The van der Waals surface area contributed by atoms with Crippen LogP contribution in [0.4, 0.5) is 8.78 Å². The molecule has 0 saturated carbocycles. The van der Waals surface area contributed by atoms with Crippen molar-refractivity contribution in [1.29, 1.82) is 0 Å². The lowest BCUT2D eigenvalue weighted by Gasteiger charge is -2.22. The molecule has 3 amide bonds. The predicted octanol–water partition coefficient (Wildman–Crippen LogP) is 3.61. The molecule has 178 valence electrons. The Bertz CT molecular complexity index is 958. The zero-order chi connectivity index (χ0) is 24.5. The summed E-state index contributed by atoms with van der Waals surface area (Å²) < 4.78 is 33.3. The van der Waals surface area contributed by atoms with Crippen molar-refractivity contribution in [2.45, 2.75) is 40.2 Å². The third kappa shape index (κ3) is 7.55. The van der Waals surface area contributed by atoms with Crippen LogP contribution in [0.25, 0.3) is 0 Å². The van der Waals surface area contributed by atoms with Crippen LogP contribution in [-0.2, 0) is 4.79 Å². The number of benzene rings is 2. The van der Waals surface area contributed by atoms with Crippen molar-refractivity contribution in [3.63, 3.8) is 0 Å². The molecule has 0 aliphatic heterocycles. The highest BCUT2D eigenvalue weighted by Crippen LogP contribution is 2.14. The van der Waals surface area contributed by atoms with Crippen molar-refractivity contribution in [3.05, 3.63) is 65.2 Å². The number of nitrogens with one attached hydrogen (secondary N) is 3. The zero-order valence-electron chi connectivity index (χ0n) is 19.1. The van der Waals surface area contributed by atoms with E-state index in [0.717, 1.165) is 24.6 Å². The summed E-state index contributed by atoms with van der Waals surface area (Å²) in [6.45, 7) is 8.04. The Labute approximate surface area is 191 Å². The van der Waals surface area contributed by atoms with Crippen molar-refractivity contribution in [3.8, 4) is 5.75 Å². The quantitative estimate of drug-likeness (QED) is 0.497. The third-order valence-electron chi connectivity index (χ3n) is 4.81. The Balaban J connectivity index is 1.95. The van der Waals surface area contributed by atoms with Gasteiger partial charge in [-0.25, -0.2) is 8.78 Å². The molecule has 2 aromatic carbocycles. The number of hydrogen-bond acceptors (Lipinski definition) is 4. The summed E-state index contributed by atoms with van der Waals surface area (Å²) in [6, 6.07) is 8.28. The molecule has 0 fully saturated rings. The van der Waals surface area contributed by atoms with E-state index in [1.807, 2.05) is 0 Å². The summed E-state index contributed by atoms with van der Waals surface area (Å²) in [4.78, 5) is 37.2. The molecule has 0 aliphatic carbocycles. The second-order valence-corrected chi connectivity index (χ2v) is 8.29. The molecule has 9 heteroatoms. The fourth-order valence-electron chi connectivity index (χ4n) is 2.85. The fraction of sp³-hybridized carbons (Fsp3) is 0.375. The second-order valence-electron chi connectivity index (χ2n) is 8.29. The first-order valence-electron chi connectivity index (χ1n) is 10.7. The molecule has 0 aromatic heterocycles. The molecule has 0 radical (unpaired) electrons. The normalized spacial score (nSPS) is 11.8. The molecular formula is C24H29F2N3O4. The number of rotatable bonds is 9. The number of carbonyl (C=O) groups excluding carboxylic acids is 3. The lowest BCUT2D eigenvalue weighted by molar-refractivity contribution is -0.124. The van der Waals surface area contributed by atoms with Gasteiger partial charge in [0.15, 0.2) is 0 Å². The summed E-state index contributed by atoms with van der Waals surface area (Å²) in [7, 11) is 0. The van der Waals surface area contributed by atoms with Gasteiger partial charge in [-0.1, -0.05) is 33.8 Å². The highest BCUT2D eigenvalue weighted by molar-refractivity contribution is 5.99. The average molecular weight is 462 g/mol. The SMILES string of the molecule is CC(C)CCOc1ccc(C(=O)NNC(=O)C(NC(=O)c2c(F)cccc2F)C(C)C)cc1. The minimum atomic E-state index is -1.14. The van der Waals surface area contributed by atoms with Crippen LogP contribution in [0, 0.1) is 23.5 Å². The van der Waals surface area contributed by atoms with Crippen LogP contribution in [-0.4, -0.2) is 30.4 Å². The summed E-state index contributed by atoms with van der Waals surface area (Å²) in [5.41, 5.74) is 4.01. The van der Waals surface area contributed by atoms with Gasteiger partial charge in [-0.05, 0) is 54.7 Å². The summed E-state index contributed by atoms with van der Waals surface area (Å²) in [5.74, 6) is -3.76. The Morgan fingerprint density at radius 3 is 2.03 bits per heavy atom. The van der Waals surface area contributed by atoms with Gasteiger partial charge in [0.2, 0.25) is 0 Å². The molecule has 0 aliphatic rings. The van der Waals surface area contributed by atoms with E-state index in [-0.39, 0.29) is 5.56 Å². The average Bonchev–Trinajstić information content (AvgIpc) is 2.75. The van der Waals surface area contributed by atoms with E-state index < -0.39 is 46.9 Å². The van der Waals surface area contributed by atoms with Gasteiger partial charge in [-0.3, -0.25) is 25.2 Å². The van der Waals surface area contributed by atoms with Crippen molar-refractivity contribution in [1.82, 2.24) is 16.2 Å². The van der Waals surface area contributed by atoms with E-state index in [1.54, 1.807) is 38.1 Å².